The Hall–Kier alpha value is -1.95. The van der Waals surface area contributed by atoms with Crippen LogP contribution >= 0.6 is 15.9 Å². The Morgan fingerprint density at radius 2 is 2.07 bits per heavy atom. The number of aryl methyl sites for hydroxylation is 2. The summed E-state index contributed by atoms with van der Waals surface area (Å²) in [4.78, 5) is 16.7. The molecule has 0 spiro atoms. The maximum atomic E-state index is 14.8. The number of nitrogens with zero attached hydrogens (tertiary/aromatic N) is 1. The van der Waals surface area contributed by atoms with E-state index in [-0.39, 0.29) is 18.2 Å². The zero-order valence-electron chi connectivity index (χ0n) is 16.0. The molecule has 0 amide bonds. The van der Waals surface area contributed by atoms with Gasteiger partial charge in [0.2, 0.25) is 0 Å². The molecule has 0 atom stereocenters. The van der Waals surface area contributed by atoms with Crippen LogP contribution in [0.3, 0.4) is 0 Å². The van der Waals surface area contributed by atoms with Gasteiger partial charge in [-0.25, -0.2) is 4.39 Å². The fourth-order valence-electron chi connectivity index (χ4n) is 3.63. The quantitative estimate of drug-likeness (QED) is 0.633. The number of halogens is 2. The van der Waals surface area contributed by atoms with E-state index < -0.39 is 0 Å². The first-order valence-electron chi connectivity index (χ1n) is 9.11. The molecule has 1 aliphatic rings. The first kappa shape index (κ1) is 19.8. The highest BCUT2D eigenvalue weighted by Crippen LogP contribution is 2.42. The number of rotatable bonds is 4. The molecule has 0 N–H and O–H groups in total. The van der Waals surface area contributed by atoms with E-state index in [1.54, 1.807) is 6.92 Å². The summed E-state index contributed by atoms with van der Waals surface area (Å²) in [5.41, 5.74) is 5.73. The second-order valence-electron chi connectivity index (χ2n) is 6.72. The predicted octanol–water partition coefficient (Wildman–Crippen LogP) is 5.01. The molecule has 1 aromatic carbocycles. The third-order valence-electron chi connectivity index (χ3n) is 4.94. The number of pyridine rings is 1. The molecule has 0 aliphatic carbocycles. The van der Waals surface area contributed by atoms with E-state index in [9.17, 15) is 9.18 Å². The van der Waals surface area contributed by atoms with Crippen molar-refractivity contribution in [1.29, 1.82) is 0 Å². The zero-order valence-corrected chi connectivity index (χ0v) is 17.6. The van der Waals surface area contributed by atoms with Gasteiger partial charge >= 0.3 is 5.97 Å². The molecule has 0 radical (unpaired) electrons. The molecule has 2 heterocycles. The summed E-state index contributed by atoms with van der Waals surface area (Å²) in [6.07, 6.45) is 1.73. The lowest BCUT2D eigenvalue weighted by Crippen LogP contribution is -2.14. The normalized spacial score (nSPS) is 13.1. The number of carbonyl (C=O) groups excluding carboxylic acids is 1. The zero-order chi connectivity index (χ0) is 19.7. The molecule has 2 aromatic rings. The molecule has 0 bridgehead atoms. The number of carbonyl (C=O) groups is 1. The fraction of sp³-hybridized carbons (Fsp3) is 0.429. The van der Waals surface area contributed by atoms with Crippen molar-refractivity contribution in [1.82, 2.24) is 4.98 Å². The summed E-state index contributed by atoms with van der Waals surface area (Å²) < 4.78 is 26.3. The van der Waals surface area contributed by atoms with E-state index in [0.29, 0.717) is 19.0 Å². The van der Waals surface area contributed by atoms with E-state index >= 15 is 0 Å². The Morgan fingerprint density at radius 1 is 1.33 bits per heavy atom. The smallest absolute Gasteiger partial charge is 0.310 e. The standard InChI is InChI=1S/C21H23BrFNO3/c1-5-26-18(25)10-16-12(3)24-13(4)20(22)19(16)15-9-17(23)21-14(11(15)2)7-6-8-27-21/h9H,5-8,10H2,1-4H3. The number of ether oxygens (including phenoxy) is 2. The van der Waals surface area contributed by atoms with Gasteiger partial charge in [-0.2, -0.15) is 0 Å². The van der Waals surface area contributed by atoms with Gasteiger partial charge in [0.25, 0.3) is 0 Å². The Labute approximate surface area is 167 Å². The molecule has 0 saturated carbocycles. The summed E-state index contributed by atoms with van der Waals surface area (Å²) in [5.74, 6) is -0.335. The van der Waals surface area contributed by atoms with Crippen molar-refractivity contribution in [2.75, 3.05) is 13.2 Å². The number of aromatic nitrogens is 1. The van der Waals surface area contributed by atoms with Crippen molar-refractivity contribution in [2.45, 2.75) is 47.0 Å². The maximum absolute atomic E-state index is 14.8. The molecule has 6 heteroatoms. The van der Waals surface area contributed by atoms with E-state index in [4.69, 9.17) is 9.47 Å². The van der Waals surface area contributed by atoms with Crippen molar-refractivity contribution in [2.24, 2.45) is 0 Å². The van der Waals surface area contributed by atoms with Crippen LogP contribution in [0.2, 0.25) is 0 Å². The largest absolute Gasteiger partial charge is 0.490 e. The summed E-state index contributed by atoms with van der Waals surface area (Å²) >= 11 is 3.62. The van der Waals surface area contributed by atoms with Crippen molar-refractivity contribution < 1.29 is 18.7 Å². The minimum atomic E-state index is -0.369. The van der Waals surface area contributed by atoms with Crippen LogP contribution in [0, 0.1) is 26.6 Å². The monoisotopic (exact) mass is 435 g/mol. The van der Waals surface area contributed by atoms with Crippen molar-refractivity contribution >= 4 is 21.9 Å². The molecular weight excluding hydrogens is 413 g/mol. The van der Waals surface area contributed by atoms with Crippen molar-refractivity contribution in [3.05, 3.63) is 44.4 Å². The van der Waals surface area contributed by atoms with Gasteiger partial charge in [-0.1, -0.05) is 0 Å². The van der Waals surface area contributed by atoms with Crippen LogP contribution in [0.1, 0.15) is 41.4 Å². The van der Waals surface area contributed by atoms with Gasteiger partial charge in [0.1, 0.15) is 0 Å². The van der Waals surface area contributed by atoms with Gasteiger partial charge < -0.3 is 9.47 Å². The molecule has 144 valence electrons. The molecule has 1 aromatic heterocycles. The summed E-state index contributed by atoms with van der Waals surface area (Å²) in [5, 5.41) is 0. The van der Waals surface area contributed by atoms with E-state index in [0.717, 1.165) is 56.5 Å². The van der Waals surface area contributed by atoms with Gasteiger partial charge in [0.05, 0.1) is 25.3 Å². The SMILES string of the molecule is CCOC(=O)Cc1c(C)nc(C)c(Br)c1-c1cc(F)c2c(c1C)CCCO2. The van der Waals surface area contributed by atoms with Crippen molar-refractivity contribution in [3.8, 4) is 16.9 Å². The minimum Gasteiger partial charge on any atom is -0.490 e. The third-order valence-corrected chi connectivity index (χ3v) is 5.91. The first-order chi connectivity index (χ1) is 12.8. The lowest BCUT2D eigenvalue weighted by molar-refractivity contribution is -0.142. The number of benzene rings is 1. The Bertz CT molecular complexity index is 911. The molecule has 3 rings (SSSR count). The maximum Gasteiger partial charge on any atom is 0.310 e. The lowest BCUT2D eigenvalue weighted by atomic mass is 9.88. The van der Waals surface area contributed by atoms with Crippen LogP contribution < -0.4 is 4.74 Å². The van der Waals surface area contributed by atoms with Crippen molar-refractivity contribution in [3.63, 3.8) is 0 Å². The topological polar surface area (TPSA) is 48.4 Å². The first-order valence-corrected chi connectivity index (χ1v) is 9.90. The van der Waals surface area contributed by atoms with Gasteiger partial charge in [0.15, 0.2) is 11.6 Å². The molecule has 0 unspecified atom stereocenters. The second-order valence-corrected chi connectivity index (χ2v) is 7.52. The van der Waals surface area contributed by atoms with Gasteiger partial charge in [-0.15, -0.1) is 0 Å². The summed E-state index contributed by atoms with van der Waals surface area (Å²) in [7, 11) is 0. The highest BCUT2D eigenvalue weighted by atomic mass is 79.9. The Kier molecular flexibility index (Phi) is 5.84. The fourth-order valence-corrected chi connectivity index (χ4v) is 4.17. The van der Waals surface area contributed by atoms with Crippen LogP contribution in [-0.2, 0) is 22.4 Å². The molecule has 1 aliphatic heterocycles. The predicted molar refractivity (Wildman–Crippen MR) is 106 cm³/mol. The molecule has 0 saturated heterocycles. The number of hydrogen-bond acceptors (Lipinski definition) is 4. The molecular formula is C21H23BrFNO3. The second kappa shape index (κ2) is 7.97. The van der Waals surface area contributed by atoms with Crippen LogP contribution in [-0.4, -0.2) is 24.2 Å². The molecule has 27 heavy (non-hydrogen) atoms. The number of fused-ring (bicyclic) bond motifs is 1. The molecule has 4 nitrogen and oxygen atoms in total. The highest BCUT2D eigenvalue weighted by Gasteiger charge is 2.25. The molecule has 0 fully saturated rings. The number of esters is 1. The average molecular weight is 436 g/mol. The van der Waals surface area contributed by atoms with Gasteiger partial charge in [-0.3, -0.25) is 9.78 Å². The van der Waals surface area contributed by atoms with Crippen LogP contribution in [0.4, 0.5) is 4.39 Å². The van der Waals surface area contributed by atoms with Gasteiger partial charge in [0, 0.05) is 21.3 Å². The lowest BCUT2D eigenvalue weighted by Gasteiger charge is -2.24. The summed E-state index contributed by atoms with van der Waals surface area (Å²) in [6, 6.07) is 1.51. The third kappa shape index (κ3) is 3.72. The van der Waals surface area contributed by atoms with Crippen LogP contribution in [0.25, 0.3) is 11.1 Å². The average Bonchev–Trinajstić information content (AvgIpc) is 2.64. The van der Waals surface area contributed by atoms with Crippen LogP contribution in [0.5, 0.6) is 5.75 Å². The van der Waals surface area contributed by atoms with Crippen LogP contribution in [0.15, 0.2) is 10.5 Å². The van der Waals surface area contributed by atoms with Gasteiger partial charge in [-0.05, 0) is 79.2 Å². The van der Waals surface area contributed by atoms with E-state index in [2.05, 4.69) is 20.9 Å². The highest BCUT2D eigenvalue weighted by molar-refractivity contribution is 9.10. The van der Waals surface area contributed by atoms with E-state index in [1.807, 2.05) is 20.8 Å². The Balaban J connectivity index is 2.25. The minimum absolute atomic E-state index is 0.0928. The Morgan fingerprint density at radius 3 is 2.78 bits per heavy atom. The number of hydrogen-bond donors (Lipinski definition) is 0. The van der Waals surface area contributed by atoms with E-state index in [1.165, 1.54) is 6.07 Å². The summed E-state index contributed by atoms with van der Waals surface area (Å²) in [6.45, 7) is 8.37.